The van der Waals surface area contributed by atoms with Crippen LogP contribution in [0.2, 0.25) is 0 Å². The van der Waals surface area contributed by atoms with Gasteiger partial charge in [0, 0.05) is 0 Å². The number of carbonyl (C=O) groups is 1. The molecule has 0 heterocycles. The lowest BCUT2D eigenvalue weighted by Gasteiger charge is -2.02. The first-order valence-electron chi connectivity index (χ1n) is 2.25. The van der Waals surface area contributed by atoms with Crippen LogP contribution in [0.4, 0.5) is 0 Å². The normalized spacial score (nSPS) is 17.4. The van der Waals surface area contributed by atoms with Gasteiger partial charge in [-0.1, -0.05) is 15.9 Å². The van der Waals surface area contributed by atoms with E-state index in [4.69, 9.17) is 5.11 Å². The van der Waals surface area contributed by atoms with Crippen molar-refractivity contribution in [3.63, 3.8) is 0 Å². The van der Waals surface area contributed by atoms with E-state index in [1.807, 2.05) is 0 Å². The molecule has 3 nitrogen and oxygen atoms in total. The number of hydrogen-bond donors (Lipinski definition) is 2. The van der Waals surface area contributed by atoms with Crippen LogP contribution in [0.25, 0.3) is 0 Å². The standard InChI is InChI=1S/C4H8BrNO2/c1-2(5)3(6)4(7)8/h2-3H,6H2,1H3,(H,7,8)/p+1/t2-,3+/m1/s1. The molecule has 0 saturated carbocycles. The van der Waals surface area contributed by atoms with Crippen molar-refractivity contribution in [3.05, 3.63) is 0 Å². The van der Waals surface area contributed by atoms with E-state index in [1.54, 1.807) is 6.92 Å². The number of carboxylic acid groups (broad SMARTS) is 1. The average molecular weight is 183 g/mol. The van der Waals surface area contributed by atoms with Crippen LogP contribution in [-0.2, 0) is 4.79 Å². The Morgan fingerprint density at radius 1 is 1.88 bits per heavy atom. The van der Waals surface area contributed by atoms with Crippen molar-refractivity contribution in [1.29, 1.82) is 0 Å². The zero-order valence-electron chi connectivity index (χ0n) is 4.60. The van der Waals surface area contributed by atoms with Crippen molar-refractivity contribution in [2.75, 3.05) is 0 Å². The summed E-state index contributed by atoms with van der Waals surface area (Å²) < 4.78 is 0. The summed E-state index contributed by atoms with van der Waals surface area (Å²) in [6.45, 7) is 1.76. The minimum absolute atomic E-state index is 0.0556. The molecular formula is C4H9BrNO2+. The summed E-state index contributed by atoms with van der Waals surface area (Å²) in [5, 5.41) is 8.26. The van der Waals surface area contributed by atoms with Gasteiger partial charge in [-0.25, -0.2) is 4.79 Å². The Bertz CT molecular complexity index is 94.0. The highest BCUT2D eigenvalue weighted by molar-refractivity contribution is 9.09. The van der Waals surface area contributed by atoms with Gasteiger partial charge in [-0.05, 0) is 6.92 Å². The van der Waals surface area contributed by atoms with E-state index in [-0.39, 0.29) is 4.83 Å². The highest BCUT2D eigenvalue weighted by atomic mass is 79.9. The van der Waals surface area contributed by atoms with Crippen molar-refractivity contribution < 1.29 is 15.6 Å². The summed E-state index contributed by atoms with van der Waals surface area (Å²) in [5.74, 6) is -0.866. The van der Waals surface area contributed by atoms with Crippen molar-refractivity contribution in [1.82, 2.24) is 0 Å². The number of halogens is 1. The Kier molecular flexibility index (Phi) is 3.01. The summed E-state index contributed by atoms with van der Waals surface area (Å²) in [4.78, 5) is 9.99. The van der Waals surface area contributed by atoms with Gasteiger partial charge in [0.2, 0.25) is 0 Å². The van der Waals surface area contributed by atoms with Gasteiger partial charge in [-0.15, -0.1) is 0 Å². The highest BCUT2D eigenvalue weighted by Gasteiger charge is 2.20. The molecule has 0 aromatic rings. The van der Waals surface area contributed by atoms with Crippen LogP contribution in [0.3, 0.4) is 0 Å². The van der Waals surface area contributed by atoms with Crippen LogP contribution in [0.1, 0.15) is 6.92 Å². The molecule has 0 aliphatic rings. The molecule has 0 unspecified atom stereocenters. The molecule has 2 atom stereocenters. The third-order valence-electron chi connectivity index (χ3n) is 0.872. The lowest BCUT2D eigenvalue weighted by Crippen LogP contribution is -2.68. The van der Waals surface area contributed by atoms with Crippen LogP contribution >= 0.6 is 15.9 Å². The van der Waals surface area contributed by atoms with Gasteiger partial charge >= 0.3 is 5.97 Å². The molecule has 8 heavy (non-hydrogen) atoms. The quantitative estimate of drug-likeness (QED) is 0.565. The van der Waals surface area contributed by atoms with Crippen molar-refractivity contribution >= 4 is 21.9 Å². The Hall–Kier alpha value is -0.0900. The predicted octanol–water partition coefficient (Wildman–Crippen LogP) is -0.535. The molecule has 0 aromatic carbocycles. The van der Waals surface area contributed by atoms with Gasteiger partial charge in [-0.2, -0.15) is 0 Å². The highest BCUT2D eigenvalue weighted by Crippen LogP contribution is 1.99. The molecule has 0 saturated heterocycles. The Morgan fingerprint density at radius 2 is 2.25 bits per heavy atom. The van der Waals surface area contributed by atoms with Crippen molar-refractivity contribution in [3.8, 4) is 0 Å². The van der Waals surface area contributed by atoms with E-state index in [1.165, 1.54) is 0 Å². The molecule has 0 aromatic heterocycles. The lowest BCUT2D eigenvalue weighted by atomic mass is 10.2. The minimum atomic E-state index is -0.866. The summed E-state index contributed by atoms with van der Waals surface area (Å²) >= 11 is 3.10. The van der Waals surface area contributed by atoms with Gasteiger partial charge in [0.15, 0.2) is 6.04 Å². The second kappa shape index (κ2) is 3.04. The second-order valence-corrected chi connectivity index (χ2v) is 3.07. The molecule has 0 fully saturated rings. The lowest BCUT2D eigenvalue weighted by molar-refractivity contribution is -0.405. The summed E-state index contributed by atoms with van der Waals surface area (Å²) in [5.41, 5.74) is 3.39. The van der Waals surface area contributed by atoms with E-state index < -0.39 is 12.0 Å². The first-order valence-corrected chi connectivity index (χ1v) is 3.17. The molecule has 0 aliphatic heterocycles. The summed E-state index contributed by atoms with van der Waals surface area (Å²) in [6.07, 6.45) is 0. The molecule has 0 aliphatic carbocycles. The molecular weight excluding hydrogens is 174 g/mol. The molecule has 0 spiro atoms. The Balaban J connectivity index is 3.64. The van der Waals surface area contributed by atoms with Gasteiger partial charge in [0.1, 0.15) is 0 Å². The third-order valence-corrected chi connectivity index (χ3v) is 1.51. The van der Waals surface area contributed by atoms with Crippen molar-refractivity contribution in [2.24, 2.45) is 0 Å². The van der Waals surface area contributed by atoms with E-state index >= 15 is 0 Å². The third kappa shape index (κ3) is 2.28. The van der Waals surface area contributed by atoms with Gasteiger partial charge in [0.25, 0.3) is 0 Å². The van der Waals surface area contributed by atoms with Crippen LogP contribution in [-0.4, -0.2) is 21.9 Å². The van der Waals surface area contributed by atoms with E-state index in [0.29, 0.717) is 0 Å². The molecule has 48 valence electrons. The number of hydrogen-bond acceptors (Lipinski definition) is 1. The topological polar surface area (TPSA) is 64.9 Å². The molecule has 0 rings (SSSR count). The zero-order chi connectivity index (χ0) is 6.73. The fourth-order valence-electron chi connectivity index (χ4n) is 0.196. The van der Waals surface area contributed by atoms with E-state index in [2.05, 4.69) is 21.7 Å². The van der Waals surface area contributed by atoms with Crippen LogP contribution in [0.5, 0.6) is 0 Å². The Morgan fingerprint density at radius 3 is 2.25 bits per heavy atom. The first-order chi connectivity index (χ1) is 3.55. The maximum atomic E-state index is 10.0. The molecule has 4 heteroatoms. The molecule has 0 radical (unpaired) electrons. The van der Waals surface area contributed by atoms with E-state index in [0.717, 1.165) is 0 Å². The monoisotopic (exact) mass is 182 g/mol. The van der Waals surface area contributed by atoms with Crippen LogP contribution in [0, 0.1) is 0 Å². The van der Waals surface area contributed by atoms with Crippen LogP contribution in [0.15, 0.2) is 0 Å². The van der Waals surface area contributed by atoms with Gasteiger partial charge < -0.3 is 10.8 Å². The molecule has 4 N–H and O–H groups in total. The minimum Gasteiger partial charge on any atom is -0.477 e. The van der Waals surface area contributed by atoms with Crippen LogP contribution < -0.4 is 5.73 Å². The SMILES string of the molecule is C[C@@H](Br)[C@H]([NH3+])C(=O)O. The van der Waals surface area contributed by atoms with Gasteiger partial charge in [-0.3, -0.25) is 0 Å². The number of aliphatic carboxylic acids is 1. The average Bonchev–Trinajstić information content (AvgIpc) is 1.64. The number of carboxylic acids is 1. The largest absolute Gasteiger partial charge is 0.477 e. The first kappa shape index (κ1) is 7.91. The summed E-state index contributed by atoms with van der Waals surface area (Å²) in [7, 11) is 0. The number of alkyl halides is 1. The maximum Gasteiger partial charge on any atom is 0.363 e. The number of quaternary nitrogens is 1. The molecule has 0 bridgehead atoms. The van der Waals surface area contributed by atoms with E-state index in [9.17, 15) is 4.79 Å². The second-order valence-electron chi connectivity index (χ2n) is 1.62. The zero-order valence-corrected chi connectivity index (χ0v) is 6.18. The maximum absolute atomic E-state index is 10.0. The molecule has 0 amide bonds. The number of rotatable bonds is 2. The fraction of sp³-hybridized carbons (Fsp3) is 0.750. The van der Waals surface area contributed by atoms with Gasteiger partial charge in [0.05, 0.1) is 4.83 Å². The predicted molar refractivity (Wildman–Crippen MR) is 32.7 cm³/mol. The Labute approximate surface area is 56.0 Å². The summed E-state index contributed by atoms with van der Waals surface area (Å²) in [6, 6.07) is -0.546. The fourth-order valence-corrected chi connectivity index (χ4v) is 0.423. The smallest absolute Gasteiger partial charge is 0.363 e. The van der Waals surface area contributed by atoms with Crippen molar-refractivity contribution in [2.45, 2.75) is 17.8 Å².